The molecule has 2 N–H and O–H groups in total. The van der Waals surface area contributed by atoms with E-state index in [2.05, 4.69) is 47.2 Å². The van der Waals surface area contributed by atoms with Crippen molar-refractivity contribution in [1.82, 2.24) is 9.88 Å². The first-order chi connectivity index (χ1) is 14.5. The van der Waals surface area contributed by atoms with Crippen LogP contribution in [0, 0.1) is 20.8 Å². The summed E-state index contributed by atoms with van der Waals surface area (Å²) in [4.78, 5) is 13.3. The van der Waals surface area contributed by atoms with Gasteiger partial charge in [0, 0.05) is 17.1 Å². The van der Waals surface area contributed by atoms with Gasteiger partial charge in [0.05, 0.1) is 17.7 Å². The highest BCUT2D eigenvalue weighted by Gasteiger charge is 2.28. The van der Waals surface area contributed by atoms with Crippen LogP contribution in [0.4, 0.5) is 5.69 Å². The average Bonchev–Trinajstić information content (AvgIpc) is 3.21. The molecule has 1 aromatic heterocycles. The predicted octanol–water partition coefficient (Wildman–Crippen LogP) is 5.01. The lowest BCUT2D eigenvalue weighted by Gasteiger charge is -2.16. The summed E-state index contributed by atoms with van der Waals surface area (Å²) in [6, 6.07) is 18.3. The van der Waals surface area contributed by atoms with Crippen molar-refractivity contribution in [2.24, 2.45) is 0 Å². The Morgan fingerprint density at radius 1 is 1.10 bits per heavy atom. The first kappa shape index (κ1) is 20.2. The van der Waals surface area contributed by atoms with Gasteiger partial charge in [-0.1, -0.05) is 36.0 Å². The number of thioether (sulfide) groups is 1. The molecule has 0 aliphatic carbocycles. The van der Waals surface area contributed by atoms with Crippen molar-refractivity contribution in [2.45, 2.75) is 26.3 Å². The summed E-state index contributed by atoms with van der Waals surface area (Å²) in [6.07, 6.45) is 1.97. The number of benzene rings is 2. The highest BCUT2D eigenvalue weighted by atomic mass is 32.2. The third-order valence-electron chi connectivity index (χ3n) is 5.14. The molecule has 1 unspecified atom stereocenters. The van der Waals surface area contributed by atoms with E-state index in [1.807, 2.05) is 49.4 Å². The summed E-state index contributed by atoms with van der Waals surface area (Å²) >= 11 is 1.48. The Kier molecular flexibility index (Phi) is 5.59. The molecular formula is C24H25N3O2S. The summed E-state index contributed by atoms with van der Waals surface area (Å²) in [5.41, 5.74) is 6.13. The summed E-state index contributed by atoms with van der Waals surface area (Å²) in [5.74, 6) is 0.674. The van der Waals surface area contributed by atoms with E-state index in [0.29, 0.717) is 4.91 Å². The molecule has 0 spiro atoms. The quantitative estimate of drug-likeness (QED) is 0.571. The van der Waals surface area contributed by atoms with Crippen molar-refractivity contribution in [3.8, 4) is 11.4 Å². The van der Waals surface area contributed by atoms with Crippen LogP contribution in [0.2, 0.25) is 0 Å². The molecule has 1 fully saturated rings. The number of hydrogen-bond acceptors (Lipinski definition) is 4. The van der Waals surface area contributed by atoms with E-state index in [9.17, 15) is 4.79 Å². The van der Waals surface area contributed by atoms with Crippen LogP contribution in [0.25, 0.3) is 11.8 Å². The molecule has 4 rings (SSSR count). The first-order valence-corrected chi connectivity index (χ1v) is 10.7. The Bertz CT molecular complexity index is 1120. The normalized spacial score (nSPS) is 17.3. The number of aromatic nitrogens is 1. The minimum absolute atomic E-state index is 0.0753. The number of para-hydroxylation sites is 1. The Balaban J connectivity index is 1.58. The van der Waals surface area contributed by atoms with E-state index in [4.69, 9.17) is 4.74 Å². The van der Waals surface area contributed by atoms with Gasteiger partial charge in [-0.15, -0.1) is 0 Å². The minimum Gasteiger partial charge on any atom is -0.495 e. The van der Waals surface area contributed by atoms with Crippen molar-refractivity contribution in [3.05, 3.63) is 82.0 Å². The first-order valence-electron chi connectivity index (χ1n) is 9.81. The molecule has 0 saturated carbocycles. The van der Waals surface area contributed by atoms with E-state index in [1.54, 1.807) is 7.11 Å². The largest absolute Gasteiger partial charge is 0.495 e. The standard InChI is InChI=1S/C24H25N3O2S/c1-15-10-11-21(29-4)20(12-15)25-24-26-23(28)22(30-24)14-18-13-16(2)27(17(18)3)19-8-6-5-7-9-19/h5-14,24-25H,1-4H3,(H,26,28)/b22-14-. The number of nitrogens with zero attached hydrogens (tertiary/aromatic N) is 1. The SMILES string of the molecule is COc1ccc(C)cc1NC1NC(=O)/C(=C/c2cc(C)n(-c3ccccc3)c2C)S1. The van der Waals surface area contributed by atoms with Gasteiger partial charge < -0.3 is 19.9 Å². The van der Waals surface area contributed by atoms with Crippen LogP contribution in [-0.4, -0.2) is 23.1 Å². The topological polar surface area (TPSA) is 55.3 Å². The Morgan fingerprint density at radius 3 is 2.60 bits per heavy atom. The maximum atomic E-state index is 12.6. The monoisotopic (exact) mass is 419 g/mol. The summed E-state index contributed by atoms with van der Waals surface area (Å²) in [6.45, 7) is 6.19. The highest BCUT2D eigenvalue weighted by Crippen LogP contribution is 2.34. The lowest BCUT2D eigenvalue weighted by atomic mass is 10.2. The molecule has 6 heteroatoms. The number of ether oxygens (including phenoxy) is 1. The van der Waals surface area contributed by atoms with E-state index >= 15 is 0 Å². The van der Waals surface area contributed by atoms with Crippen LogP contribution < -0.4 is 15.4 Å². The zero-order chi connectivity index (χ0) is 21.3. The molecule has 1 aliphatic heterocycles. The van der Waals surface area contributed by atoms with Gasteiger partial charge in [0.15, 0.2) is 5.50 Å². The van der Waals surface area contributed by atoms with Gasteiger partial charge in [-0.2, -0.15) is 0 Å². The van der Waals surface area contributed by atoms with Crippen LogP contribution in [0.15, 0.2) is 59.5 Å². The number of carbonyl (C=O) groups excluding carboxylic acids is 1. The summed E-state index contributed by atoms with van der Waals surface area (Å²) < 4.78 is 7.64. The van der Waals surface area contributed by atoms with Gasteiger partial charge in [0.1, 0.15) is 5.75 Å². The smallest absolute Gasteiger partial charge is 0.260 e. The average molecular weight is 420 g/mol. The molecule has 0 radical (unpaired) electrons. The highest BCUT2D eigenvalue weighted by molar-refractivity contribution is 8.05. The Labute approximate surface area is 181 Å². The van der Waals surface area contributed by atoms with Crippen LogP contribution >= 0.6 is 11.8 Å². The fraction of sp³-hybridized carbons (Fsp3) is 0.208. The van der Waals surface area contributed by atoms with Crippen molar-refractivity contribution in [1.29, 1.82) is 0 Å². The van der Waals surface area contributed by atoms with Gasteiger partial charge in [-0.25, -0.2) is 0 Å². The van der Waals surface area contributed by atoms with Gasteiger partial charge in [0.25, 0.3) is 5.91 Å². The van der Waals surface area contributed by atoms with Crippen molar-refractivity contribution < 1.29 is 9.53 Å². The van der Waals surface area contributed by atoms with Crippen molar-refractivity contribution in [2.75, 3.05) is 12.4 Å². The molecular weight excluding hydrogens is 394 g/mol. The van der Waals surface area contributed by atoms with E-state index in [0.717, 1.165) is 39.6 Å². The maximum absolute atomic E-state index is 12.6. The molecule has 154 valence electrons. The molecule has 0 bridgehead atoms. The second-order valence-electron chi connectivity index (χ2n) is 7.33. The lowest BCUT2D eigenvalue weighted by Crippen LogP contribution is -2.31. The van der Waals surface area contributed by atoms with Crippen LogP contribution in [-0.2, 0) is 4.79 Å². The molecule has 3 aromatic rings. The number of rotatable bonds is 5. The maximum Gasteiger partial charge on any atom is 0.260 e. The zero-order valence-corrected chi connectivity index (χ0v) is 18.3. The number of anilines is 1. The second-order valence-corrected chi connectivity index (χ2v) is 8.47. The number of nitrogens with one attached hydrogen (secondary N) is 2. The number of methoxy groups -OCH3 is 1. The number of aryl methyl sites for hydroxylation is 2. The van der Waals surface area contributed by atoms with Crippen molar-refractivity contribution >= 4 is 29.4 Å². The summed E-state index contributed by atoms with van der Waals surface area (Å²) in [7, 11) is 1.64. The zero-order valence-electron chi connectivity index (χ0n) is 17.5. The van der Waals surface area contributed by atoms with Crippen LogP contribution in [0.1, 0.15) is 22.5 Å². The van der Waals surface area contributed by atoms with Crippen LogP contribution in [0.3, 0.4) is 0 Å². The predicted molar refractivity (Wildman–Crippen MR) is 124 cm³/mol. The van der Waals surface area contributed by atoms with Gasteiger partial charge in [-0.3, -0.25) is 4.79 Å². The van der Waals surface area contributed by atoms with Crippen LogP contribution in [0.5, 0.6) is 5.75 Å². The number of amides is 1. The van der Waals surface area contributed by atoms with E-state index in [-0.39, 0.29) is 11.4 Å². The number of carbonyl (C=O) groups is 1. The molecule has 1 atom stereocenters. The minimum atomic E-state index is -0.253. The van der Waals surface area contributed by atoms with Gasteiger partial charge in [0.2, 0.25) is 0 Å². The Morgan fingerprint density at radius 2 is 1.87 bits per heavy atom. The molecule has 2 aromatic carbocycles. The molecule has 30 heavy (non-hydrogen) atoms. The molecule has 1 saturated heterocycles. The van der Waals surface area contributed by atoms with Crippen molar-refractivity contribution in [3.63, 3.8) is 0 Å². The van der Waals surface area contributed by atoms with Gasteiger partial charge in [-0.05, 0) is 68.3 Å². The molecule has 1 aliphatic rings. The van der Waals surface area contributed by atoms with E-state index in [1.165, 1.54) is 11.8 Å². The third kappa shape index (κ3) is 3.96. The Hall–Kier alpha value is -3.12. The fourth-order valence-corrected chi connectivity index (χ4v) is 4.66. The third-order valence-corrected chi connectivity index (χ3v) is 6.17. The summed E-state index contributed by atoms with van der Waals surface area (Å²) in [5, 5.41) is 6.36. The van der Waals surface area contributed by atoms with E-state index < -0.39 is 0 Å². The molecule has 1 amide bonds. The molecule has 2 heterocycles. The lowest BCUT2D eigenvalue weighted by molar-refractivity contribution is -0.116. The fourth-order valence-electron chi connectivity index (χ4n) is 3.69. The molecule has 5 nitrogen and oxygen atoms in total. The number of hydrogen-bond donors (Lipinski definition) is 2. The van der Waals surface area contributed by atoms with Gasteiger partial charge >= 0.3 is 0 Å². The second kappa shape index (κ2) is 8.32.